The average Bonchev–Trinajstić information content (AvgIpc) is 3.03. The summed E-state index contributed by atoms with van der Waals surface area (Å²) in [6.45, 7) is 8.35. The van der Waals surface area contributed by atoms with Crippen molar-refractivity contribution < 1.29 is 19.5 Å². The smallest absolute Gasteiger partial charge is 0.340 e. The van der Waals surface area contributed by atoms with E-state index >= 15 is 0 Å². The summed E-state index contributed by atoms with van der Waals surface area (Å²) < 4.78 is 5.76. The van der Waals surface area contributed by atoms with Crippen LogP contribution in [0, 0.1) is 13.8 Å². The van der Waals surface area contributed by atoms with E-state index in [0.29, 0.717) is 12.1 Å². The minimum Gasteiger partial charge on any atom is -0.506 e. The Kier molecular flexibility index (Phi) is 5.44. The van der Waals surface area contributed by atoms with Crippen LogP contribution in [0.5, 0.6) is 11.5 Å². The first kappa shape index (κ1) is 18.9. The number of hydrogen-bond acceptors (Lipinski definition) is 6. The van der Waals surface area contributed by atoms with Gasteiger partial charge in [0.25, 0.3) is 0 Å². The number of hydrogen-bond donors (Lipinski definition) is 1. The molecular weight excluding hydrogens is 344 g/mol. The van der Waals surface area contributed by atoms with E-state index < -0.39 is 0 Å². The SMILES string of the molecule is Cc1cc(OCC2=NOC(=O)C2)cc(C)c1Cc1ccc(O)c(C(C)C)n1. The van der Waals surface area contributed by atoms with E-state index in [1.165, 1.54) is 5.56 Å². The molecule has 3 rings (SSSR count). The van der Waals surface area contributed by atoms with Gasteiger partial charge in [0.2, 0.25) is 0 Å². The largest absolute Gasteiger partial charge is 0.506 e. The molecule has 1 N–H and O–H groups in total. The van der Waals surface area contributed by atoms with Crippen LogP contribution in [0.15, 0.2) is 29.4 Å². The molecule has 0 radical (unpaired) electrons. The Labute approximate surface area is 158 Å². The summed E-state index contributed by atoms with van der Waals surface area (Å²) >= 11 is 0. The Morgan fingerprint density at radius 3 is 2.52 bits per heavy atom. The van der Waals surface area contributed by atoms with Gasteiger partial charge in [0, 0.05) is 12.1 Å². The first-order chi connectivity index (χ1) is 12.8. The third-order valence-corrected chi connectivity index (χ3v) is 4.56. The fourth-order valence-electron chi connectivity index (χ4n) is 3.12. The molecular formula is C21H24N2O4. The standard InChI is InChI=1S/C21H24N2O4/c1-12(2)21-19(24)6-5-15(22-21)9-18-13(3)7-17(8-14(18)4)26-11-16-10-20(25)27-23-16/h5-8,12,24H,9-11H2,1-4H3. The molecule has 2 heterocycles. The van der Waals surface area contributed by atoms with Crippen molar-refractivity contribution in [3.8, 4) is 11.5 Å². The predicted molar refractivity (Wildman–Crippen MR) is 102 cm³/mol. The third-order valence-electron chi connectivity index (χ3n) is 4.56. The van der Waals surface area contributed by atoms with Gasteiger partial charge in [0.1, 0.15) is 23.8 Å². The van der Waals surface area contributed by atoms with Crippen LogP contribution in [0.1, 0.15) is 54.3 Å². The Bertz CT molecular complexity index is 880. The highest BCUT2D eigenvalue weighted by molar-refractivity contribution is 6.02. The van der Waals surface area contributed by atoms with Crippen LogP contribution in [-0.4, -0.2) is 28.4 Å². The van der Waals surface area contributed by atoms with Gasteiger partial charge >= 0.3 is 5.97 Å². The van der Waals surface area contributed by atoms with E-state index in [-0.39, 0.29) is 30.7 Å². The summed E-state index contributed by atoms with van der Waals surface area (Å²) in [5, 5.41) is 13.7. The maximum atomic E-state index is 11.1. The maximum Gasteiger partial charge on any atom is 0.340 e. The highest BCUT2D eigenvalue weighted by Gasteiger charge is 2.18. The van der Waals surface area contributed by atoms with Gasteiger partial charge in [-0.3, -0.25) is 4.98 Å². The highest BCUT2D eigenvalue weighted by Crippen LogP contribution is 2.27. The molecule has 0 fully saturated rings. The molecule has 1 aliphatic rings. The monoisotopic (exact) mass is 368 g/mol. The van der Waals surface area contributed by atoms with E-state index in [1.54, 1.807) is 6.07 Å². The molecule has 6 heteroatoms. The van der Waals surface area contributed by atoms with Crippen LogP contribution in [0.3, 0.4) is 0 Å². The van der Waals surface area contributed by atoms with Crippen molar-refractivity contribution in [2.24, 2.45) is 5.16 Å². The van der Waals surface area contributed by atoms with Gasteiger partial charge in [-0.2, -0.15) is 0 Å². The Morgan fingerprint density at radius 2 is 1.93 bits per heavy atom. The Morgan fingerprint density at radius 1 is 1.22 bits per heavy atom. The van der Waals surface area contributed by atoms with E-state index in [0.717, 1.165) is 28.3 Å². The number of aromatic nitrogens is 1. The Hall–Kier alpha value is -2.89. The van der Waals surface area contributed by atoms with Gasteiger partial charge in [-0.1, -0.05) is 19.0 Å². The molecule has 0 spiro atoms. The molecule has 27 heavy (non-hydrogen) atoms. The summed E-state index contributed by atoms with van der Waals surface area (Å²) in [5.41, 5.74) is 5.63. The van der Waals surface area contributed by atoms with Crippen molar-refractivity contribution >= 4 is 11.7 Å². The minimum absolute atomic E-state index is 0.164. The zero-order valence-electron chi connectivity index (χ0n) is 16.1. The number of benzene rings is 1. The molecule has 6 nitrogen and oxygen atoms in total. The van der Waals surface area contributed by atoms with E-state index in [9.17, 15) is 9.90 Å². The number of aryl methyl sites for hydroxylation is 2. The zero-order valence-corrected chi connectivity index (χ0v) is 16.1. The third kappa shape index (κ3) is 4.45. The number of aromatic hydroxyl groups is 1. The van der Waals surface area contributed by atoms with E-state index in [1.807, 2.05) is 45.9 Å². The Balaban J connectivity index is 1.75. The fourth-order valence-corrected chi connectivity index (χ4v) is 3.12. The lowest BCUT2D eigenvalue weighted by Crippen LogP contribution is -2.11. The average molecular weight is 368 g/mol. The predicted octanol–water partition coefficient (Wildman–Crippen LogP) is 3.80. The van der Waals surface area contributed by atoms with Gasteiger partial charge in [0.05, 0.1) is 12.1 Å². The van der Waals surface area contributed by atoms with Crippen LogP contribution in [0.25, 0.3) is 0 Å². The maximum absolute atomic E-state index is 11.1. The fraction of sp³-hybridized carbons (Fsp3) is 0.381. The summed E-state index contributed by atoms with van der Waals surface area (Å²) in [5.74, 6) is 0.788. The lowest BCUT2D eigenvalue weighted by Gasteiger charge is -2.15. The summed E-state index contributed by atoms with van der Waals surface area (Å²) in [6.07, 6.45) is 0.869. The van der Waals surface area contributed by atoms with Gasteiger partial charge in [0.15, 0.2) is 0 Å². The van der Waals surface area contributed by atoms with Crippen LogP contribution < -0.4 is 4.74 Å². The number of ether oxygens (including phenoxy) is 1. The topological polar surface area (TPSA) is 81.0 Å². The summed E-state index contributed by atoms with van der Waals surface area (Å²) in [6, 6.07) is 7.53. The lowest BCUT2D eigenvalue weighted by atomic mass is 9.97. The number of pyridine rings is 1. The van der Waals surface area contributed by atoms with Crippen LogP contribution in [-0.2, 0) is 16.1 Å². The molecule has 0 atom stereocenters. The molecule has 0 amide bonds. The van der Waals surface area contributed by atoms with Gasteiger partial charge < -0.3 is 14.7 Å². The first-order valence-electron chi connectivity index (χ1n) is 9.00. The van der Waals surface area contributed by atoms with Crippen molar-refractivity contribution in [1.82, 2.24) is 4.98 Å². The van der Waals surface area contributed by atoms with Crippen molar-refractivity contribution in [3.63, 3.8) is 0 Å². The molecule has 0 unspecified atom stereocenters. The quantitative estimate of drug-likeness (QED) is 0.785. The van der Waals surface area contributed by atoms with Crippen molar-refractivity contribution in [3.05, 3.63) is 52.3 Å². The molecule has 0 saturated carbocycles. The molecule has 0 saturated heterocycles. The molecule has 0 bridgehead atoms. The van der Waals surface area contributed by atoms with Crippen LogP contribution in [0.2, 0.25) is 0 Å². The molecule has 1 aromatic heterocycles. The van der Waals surface area contributed by atoms with Crippen molar-refractivity contribution in [2.45, 2.75) is 46.5 Å². The van der Waals surface area contributed by atoms with Crippen LogP contribution in [0.4, 0.5) is 0 Å². The molecule has 1 aromatic carbocycles. The van der Waals surface area contributed by atoms with Gasteiger partial charge in [-0.25, -0.2) is 4.79 Å². The number of carbonyl (C=O) groups excluding carboxylic acids is 1. The summed E-state index contributed by atoms with van der Waals surface area (Å²) in [4.78, 5) is 20.3. The molecule has 2 aromatic rings. The van der Waals surface area contributed by atoms with E-state index in [2.05, 4.69) is 15.0 Å². The summed E-state index contributed by atoms with van der Waals surface area (Å²) in [7, 11) is 0. The normalized spacial score (nSPS) is 13.7. The molecule has 142 valence electrons. The van der Waals surface area contributed by atoms with Crippen LogP contribution >= 0.6 is 0 Å². The molecule has 1 aliphatic heterocycles. The highest BCUT2D eigenvalue weighted by atomic mass is 16.7. The van der Waals surface area contributed by atoms with E-state index in [4.69, 9.17) is 4.74 Å². The zero-order chi connectivity index (χ0) is 19.6. The second-order valence-electron chi connectivity index (χ2n) is 7.16. The van der Waals surface area contributed by atoms with Gasteiger partial charge in [-0.15, -0.1) is 0 Å². The number of oxime groups is 1. The van der Waals surface area contributed by atoms with Gasteiger partial charge in [-0.05, 0) is 60.7 Å². The second kappa shape index (κ2) is 7.78. The minimum atomic E-state index is -0.349. The number of rotatable bonds is 6. The van der Waals surface area contributed by atoms with Crippen molar-refractivity contribution in [1.29, 1.82) is 0 Å². The number of nitrogens with zero attached hydrogens (tertiary/aromatic N) is 2. The first-order valence-corrected chi connectivity index (χ1v) is 9.00. The molecule has 0 aliphatic carbocycles. The lowest BCUT2D eigenvalue weighted by molar-refractivity contribution is -0.140. The van der Waals surface area contributed by atoms with Crippen molar-refractivity contribution in [2.75, 3.05) is 6.61 Å². The second-order valence-corrected chi connectivity index (χ2v) is 7.16. The number of carbonyl (C=O) groups is 1.